The van der Waals surface area contributed by atoms with Crippen LogP contribution >= 0.6 is 11.3 Å². The Hall–Kier alpha value is -2.58. The van der Waals surface area contributed by atoms with Gasteiger partial charge in [0.05, 0.1) is 17.1 Å². The topological polar surface area (TPSA) is 3.01 Å². The Labute approximate surface area is 140 Å². The third-order valence-corrected chi connectivity index (χ3v) is 5.11. The maximum Gasteiger partial charge on any atom is 0.110 e. The highest BCUT2D eigenvalue weighted by Crippen LogP contribution is 2.37. The SMILES string of the molecule is C=[N+]1C=C[c-]2[s+]ccc2[C-]1c1ccc(-c2ccccc2)cc1C. The quantitative estimate of drug-likeness (QED) is 0.341. The molecule has 1 aromatic heterocycles. The number of fused-ring (bicyclic) bond motifs is 1. The molecule has 2 aromatic carbocycles. The molecule has 0 unspecified atom stereocenters. The first kappa shape index (κ1) is 14.0. The number of hydrogen-bond donors (Lipinski definition) is 0. The first-order chi connectivity index (χ1) is 11.2. The molecule has 0 spiro atoms. The Morgan fingerprint density at radius 2 is 1.83 bits per heavy atom. The van der Waals surface area contributed by atoms with Gasteiger partial charge in [0.15, 0.2) is 0 Å². The van der Waals surface area contributed by atoms with E-state index < -0.39 is 0 Å². The average molecular weight is 315 g/mol. The van der Waals surface area contributed by atoms with Crippen LogP contribution in [0.3, 0.4) is 0 Å². The van der Waals surface area contributed by atoms with Crippen molar-refractivity contribution in [3.63, 3.8) is 0 Å². The molecule has 0 saturated heterocycles. The molecule has 2 heterocycles. The minimum atomic E-state index is 1.18. The molecule has 0 amide bonds. The largest absolute Gasteiger partial charge is 0.303 e. The van der Waals surface area contributed by atoms with Crippen LogP contribution in [0.2, 0.25) is 0 Å². The second-order valence-corrected chi connectivity index (χ2v) is 6.68. The van der Waals surface area contributed by atoms with Crippen LogP contribution in [0.1, 0.15) is 21.6 Å². The average Bonchev–Trinajstić information content (AvgIpc) is 3.05. The fourth-order valence-electron chi connectivity index (χ4n) is 3.07. The molecule has 0 radical (unpaired) electrons. The van der Waals surface area contributed by atoms with Crippen LogP contribution in [0.15, 0.2) is 66.2 Å². The van der Waals surface area contributed by atoms with Gasteiger partial charge in [0.2, 0.25) is 0 Å². The van der Waals surface area contributed by atoms with Crippen molar-refractivity contribution in [2.24, 2.45) is 0 Å². The molecule has 1 aliphatic heterocycles. The summed E-state index contributed by atoms with van der Waals surface area (Å²) in [6.45, 7) is 6.34. The highest BCUT2D eigenvalue weighted by atomic mass is 32.1. The van der Waals surface area contributed by atoms with E-state index in [9.17, 15) is 0 Å². The van der Waals surface area contributed by atoms with E-state index in [1.807, 2.05) is 16.8 Å². The summed E-state index contributed by atoms with van der Waals surface area (Å²) in [5, 5.41) is 2.14. The zero-order chi connectivity index (χ0) is 15.8. The van der Waals surface area contributed by atoms with Crippen LogP contribution in [0.25, 0.3) is 17.2 Å². The number of nitrogens with zero attached hydrogens (tertiary/aromatic N) is 1. The molecule has 2 heteroatoms. The molecule has 0 atom stereocenters. The molecular weight excluding hydrogens is 298 g/mol. The van der Waals surface area contributed by atoms with Crippen molar-refractivity contribution >= 4 is 24.1 Å². The number of aryl methyl sites for hydroxylation is 1. The van der Waals surface area contributed by atoms with Crippen LogP contribution in [-0.2, 0) is 0 Å². The first-order valence-corrected chi connectivity index (χ1v) is 8.51. The number of thiophene rings is 1. The smallest absolute Gasteiger partial charge is 0.110 e. The molecule has 0 fully saturated rings. The summed E-state index contributed by atoms with van der Waals surface area (Å²) >= 11 is 1.77. The number of hydrogen-bond acceptors (Lipinski definition) is 0. The lowest BCUT2D eigenvalue weighted by Crippen LogP contribution is -2.18. The normalized spacial score (nSPS) is 13.3. The molecule has 1 aliphatic rings. The van der Waals surface area contributed by atoms with Gasteiger partial charge in [-0.3, -0.25) is 0 Å². The third kappa shape index (κ3) is 2.41. The molecule has 0 saturated carbocycles. The highest BCUT2D eigenvalue weighted by Gasteiger charge is 2.22. The van der Waals surface area contributed by atoms with E-state index >= 15 is 0 Å². The van der Waals surface area contributed by atoms with Gasteiger partial charge in [0.25, 0.3) is 0 Å². The third-order valence-electron chi connectivity index (χ3n) is 4.23. The molecule has 0 aliphatic carbocycles. The van der Waals surface area contributed by atoms with Crippen LogP contribution in [0, 0.1) is 13.0 Å². The zero-order valence-corrected chi connectivity index (χ0v) is 13.8. The second kappa shape index (κ2) is 5.56. The van der Waals surface area contributed by atoms with Gasteiger partial charge in [-0.2, -0.15) is 6.07 Å². The summed E-state index contributed by atoms with van der Waals surface area (Å²) in [7, 11) is 0. The van der Waals surface area contributed by atoms with E-state index in [-0.39, 0.29) is 0 Å². The van der Waals surface area contributed by atoms with E-state index in [1.165, 1.54) is 38.7 Å². The summed E-state index contributed by atoms with van der Waals surface area (Å²) in [6.07, 6.45) is 4.17. The Balaban J connectivity index is 1.79. The fourth-order valence-corrected chi connectivity index (χ4v) is 3.85. The minimum Gasteiger partial charge on any atom is -0.303 e. The minimum absolute atomic E-state index is 1.18. The number of rotatable bonds is 2. The molecule has 23 heavy (non-hydrogen) atoms. The van der Waals surface area contributed by atoms with Gasteiger partial charge >= 0.3 is 0 Å². The lowest BCUT2D eigenvalue weighted by atomic mass is 9.91. The van der Waals surface area contributed by atoms with Gasteiger partial charge in [0, 0.05) is 16.7 Å². The van der Waals surface area contributed by atoms with Gasteiger partial charge in [-0.1, -0.05) is 65.7 Å². The molecule has 4 rings (SSSR count). The summed E-state index contributed by atoms with van der Waals surface area (Å²) in [5.74, 6) is 0. The lowest BCUT2D eigenvalue weighted by molar-refractivity contribution is -0.418. The van der Waals surface area contributed by atoms with Crippen molar-refractivity contribution in [2.45, 2.75) is 6.92 Å². The maximum atomic E-state index is 4.17. The monoisotopic (exact) mass is 315 g/mol. The molecular formula is C21H17NS. The standard InChI is InChI=1S/C21H17NS/c1-15-14-17(16-6-4-3-5-7-16)8-9-18(15)21-19-11-13-23-20(19)10-12-22(21)2/h3-14H,2H2,1H3. The van der Waals surface area contributed by atoms with Crippen molar-refractivity contribution in [3.05, 3.63) is 93.8 Å². The fraction of sp³-hybridized carbons (Fsp3) is 0.0476. The van der Waals surface area contributed by atoms with Crippen LogP contribution in [-0.4, -0.2) is 11.3 Å². The van der Waals surface area contributed by atoms with Crippen molar-refractivity contribution in [1.82, 2.24) is 0 Å². The van der Waals surface area contributed by atoms with Crippen LogP contribution in [0.4, 0.5) is 0 Å². The Kier molecular flexibility index (Phi) is 3.40. The number of benzene rings is 2. The van der Waals surface area contributed by atoms with E-state index in [0.29, 0.717) is 0 Å². The lowest BCUT2D eigenvalue weighted by Gasteiger charge is -2.26. The Morgan fingerprint density at radius 3 is 2.61 bits per heavy atom. The molecule has 1 nitrogen and oxygen atoms in total. The summed E-state index contributed by atoms with van der Waals surface area (Å²) in [4.78, 5) is 1.30. The zero-order valence-electron chi connectivity index (χ0n) is 13.0. The van der Waals surface area contributed by atoms with Gasteiger partial charge in [0.1, 0.15) is 6.72 Å². The molecule has 112 valence electrons. The van der Waals surface area contributed by atoms with Gasteiger partial charge in [-0.05, 0) is 23.6 Å². The second-order valence-electron chi connectivity index (χ2n) is 5.73. The molecule has 0 bridgehead atoms. The van der Waals surface area contributed by atoms with Crippen LogP contribution < -0.4 is 0 Å². The van der Waals surface area contributed by atoms with E-state index in [4.69, 9.17) is 0 Å². The Morgan fingerprint density at radius 1 is 1.00 bits per heavy atom. The highest BCUT2D eigenvalue weighted by molar-refractivity contribution is 7.11. The van der Waals surface area contributed by atoms with Crippen LogP contribution in [0.5, 0.6) is 0 Å². The molecule has 0 N–H and O–H groups in total. The summed E-state index contributed by atoms with van der Waals surface area (Å²) < 4.78 is 1.97. The van der Waals surface area contributed by atoms with Gasteiger partial charge < -0.3 is 4.58 Å². The van der Waals surface area contributed by atoms with Crippen molar-refractivity contribution in [3.8, 4) is 11.1 Å². The molecule has 3 aromatic rings. The summed E-state index contributed by atoms with van der Waals surface area (Å²) in [5.41, 5.74) is 6.27. The maximum absolute atomic E-state index is 4.17. The van der Waals surface area contributed by atoms with Crippen molar-refractivity contribution in [2.75, 3.05) is 0 Å². The first-order valence-electron chi connectivity index (χ1n) is 7.63. The predicted molar refractivity (Wildman–Crippen MR) is 98.8 cm³/mol. The van der Waals surface area contributed by atoms with Crippen molar-refractivity contribution < 1.29 is 4.58 Å². The van der Waals surface area contributed by atoms with Crippen molar-refractivity contribution in [1.29, 1.82) is 0 Å². The van der Waals surface area contributed by atoms with E-state index in [2.05, 4.69) is 73.6 Å². The Bertz CT molecular complexity index is 903. The van der Waals surface area contributed by atoms with E-state index in [0.717, 1.165) is 0 Å². The predicted octanol–water partition coefficient (Wildman–Crippen LogP) is 5.35. The van der Waals surface area contributed by atoms with Gasteiger partial charge in [-0.25, -0.2) is 0 Å². The van der Waals surface area contributed by atoms with E-state index in [1.54, 1.807) is 11.3 Å². The summed E-state index contributed by atoms with van der Waals surface area (Å²) in [6, 6.07) is 20.5. The van der Waals surface area contributed by atoms with Gasteiger partial charge in [-0.15, -0.1) is 0 Å².